The van der Waals surface area contributed by atoms with Crippen molar-refractivity contribution in [2.75, 3.05) is 0 Å². The Kier molecular flexibility index (Phi) is 5.86. The molecular formula is C11H6Cl2N3NaO3S. The zero-order valence-corrected chi connectivity index (χ0v) is 15.3. The Balaban J connectivity index is 0.00000220. The van der Waals surface area contributed by atoms with Gasteiger partial charge in [-0.1, -0.05) is 23.2 Å². The molecule has 0 N–H and O–H groups in total. The van der Waals surface area contributed by atoms with E-state index in [4.69, 9.17) is 29.8 Å². The van der Waals surface area contributed by atoms with E-state index in [9.17, 15) is 13.0 Å². The topological polar surface area (TPSA) is 79.4 Å². The number of hydrogen-bond acceptors (Lipinski definition) is 4. The SMILES string of the molecule is [C-]#[N+]c1cnn(-c2cc(Cl)c(S(=O)(=O)[O-])cc2Cl)c1C.[Na+]. The van der Waals surface area contributed by atoms with E-state index in [1.165, 1.54) is 16.9 Å². The Labute approximate surface area is 153 Å². The van der Waals surface area contributed by atoms with Crippen LogP contribution in [0.3, 0.4) is 0 Å². The Hall–Kier alpha value is -0.590. The minimum absolute atomic E-state index is 0. The Morgan fingerprint density at radius 3 is 2.43 bits per heavy atom. The number of halogens is 2. The summed E-state index contributed by atoms with van der Waals surface area (Å²) in [7, 11) is -4.71. The minimum atomic E-state index is -4.71. The Morgan fingerprint density at radius 2 is 1.95 bits per heavy atom. The van der Waals surface area contributed by atoms with E-state index >= 15 is 0 Å². The van der Waals surface area contributed by atoms with Gasteiger partial charge in [0.05, 0.1) is 33.4 Å². The Morgan fingerprint density at radius 1 is 1.33 bits per heavy atom. The zero-order valence-electron chi connectivity index (χ0n) is 11.0. The van der Waals surface area contributed by atoms with Crippen LogP contribution in [0.15, 0.2) is 23.2 Å². The fourth-order valence-corrected chi connectivity index (χ4v) is 2.94. The largest absolute Gasteiger partial charge is 1.00 e. The van der Waals surface area contributed by atoms with E-state index in [0.717, 1.165) is 6.07 Å². The molecule has 0 amide bonds. The first kappa shape index (κ1) is 18.5. The van der Waals surface area contributed by atoms with Crippen LogP contribution in [0.2, 0.25) is 10.0 Å². The van der Waals surface area contributed by atoms with Gasteiger partial charge < -0.3 is 4.55 Å². The van der Waals surface area contributed by atoms with Gasteiger partial charge in [0.15, 0.2) is 0 Å². The summed E-state index contributed by atoms with van der Waals surface area (Å²) in [6, 6.07) is 2.20. The number of hydrogen-bond donors (Lipinski definition) is 0. The van der Waals surface area contributed by atoms with Gasteiger partial charge in [0.2, 0.25) is 5.69 Å². The number of benzene rings is 1. The van der Waals surface area contributed by atoms with Crippen molar-refractivity contribution in [3.63, 3.8) is 0 Å². The average molecular weight is 354 g/mol. The third kappa shape index (κ3) is 3.60. The van der Waals surface area contributed by atoms with Crippen molar-refractivity contribution in [2.45, 2.75) is 11.8 Å². The van der Waals surface area contributed by atoms with Crippen molar-refractivity contribution in [2.24, 2.45) is 0 Å². The van der Waals surface area contributed by atoms with Crippen molar-refractivity contribution >= 4 is 39.0 Å². The molecular weight excluding hydrogens is 348 g/mol. The molecule has 1 aromatic carbocycles. The van der Waals surface area contributed by atoms with Crippen molar-refractivity contribution < 1.29 is 42.5 Å². The van der Waals surface area contributed by atoms with Crippen LogP contribution in [0, 0.1) is 13.5 Å². The molecule has 0 aliphatic rings. The molecule has 6 nitrogen and oxygen atoms in total. The van der Waals surface area contributed by atoms with Crippen LogP contribution < -0.4 is 29.6 Å². The third-order valence-corrected chi connectivity index (χ3v) is 4.21. The van der Waals surface area contributed by atoms with Crippen LogP contribution in [0.1, 0.15) is 5.69 Å². The molecule has 10 heteroatoms. The molecule has 0 saturated heterocycles. The number of rotatable bonds is 2. The molecule has 0 radical (unpaired) electrons. The molecule has 104 valence electrons. The molecule has 2 rings (SSSR count). The van der Waals surface area contributed by atoms with Crippen LogP contribution in [-0.4, -0.2) is 22.8 Å². The predicted molar refractivity (Wildman–Crippen MR) is 72.5 cm³/mol. The molecule has 0 spiro atoms. The summed E-state index contributed by atoms with van der Waals surface area (Å²) in [5.74, 6) is 0. The van der Waals surface area contributed by atoms with E-state index in [2.05, 4.69) is 9.94 Å². The number of aromatic nitrogens is 2. The second-order valence-electron chi connectivity index (χ2n) is 3.83. The first-order chi connectivity index (χ1) is 9.25. The van der Waals surface area contributed by atoms with E-state index in [0.29, 0.717) is 11.4 Å². The monoisotopic (exact) mass is 353 g/mol. The maximum Gasteiger partial charge on any atom is 1.00 e. The molecule has 0 aliphatic carbocycles. The summed E-state index contributed by atoms with van der Waals surface area (Å²) in [4.78, 5) is 2.68. The predicted octanol–water partition coefficient (Wildman–Crippen LogP) is -0.0536. The van der Waals surface area contributed by atoms with Gasteiger partial charge in [0.25, 0.3) is 0 Å². The first-order valence-electron chi connectivity index (χ1n) is 5.13. The van der Waals surface area contributed by atoms with Gasteiger partial charge in [-0.25, -0.2) is 17.9 Å². The van der Waals surface area contributed by atoms with Crippen molar-refractivity contribution in [1.29, 1.82) is 0 Å². The number of nitrogens with zero attached hydrogens (tertiary/aromatic N) is 3. The van der Waals surface area contributed by atoms with Crippen LogP contribution in [0.4, 0.5) is 5.69 Å². The summed E-state index contributed by atoms with van der Waals surface area (Å²) in [5.41, 5.74) is 1.14. The van der Waals surface area contributed by atoms with E-state index in [1.807, 2.05) is 0 Å². The van der Waals surface area contributed by atoms with Gasteiger partial charge in [-0.15, -0.1) is 0 Å². The van der Waals surface area contributed by atoms with Crippen LogP contribution >= 0.6 is 23.2 Å². The third-order valence-electron chi connectivity index (χ3n) is 2.60. The summed E-state index contributed by atoms with van der Waals surface area (Å²) >= 11 is 11.8. The molecule has 0 fully saturated rings. The standard InChI is InChI=1S/C11H7Cl2N3O3S.Na/c1-6-9(14-2)5-15-16(6)10-3-8(13)11(4-7(10)12)20(17,18)19;/h3-5H,1H3,(H,17,18,19);/q;+1/p-1. The quantitative estimate of drug-likeness (QED) is 0.430. The Bertz CT molecular complexity index is 843. The molecule has 0 aliphatic heterocycles. The second-order valence-corrected chi connectivity index (χ2v) is 5.99. The van der Waals surface area contributed by atoms with E-state index in [-0.39, 0.29) is 45.3 Å². The summed E-state index contributed by atoms with van der Waals surface area (Å²) in [6.45, 7) is 8.62. The van der Waals surface area contributed by atoms with Gasteiger partial charge in [0, 0.05) is 5.69 Å². The minimum Gasteiger partial charge on any atom is -0.744 e. The van der Waals surface area contributed by atoms with Crippen molar-refractivity contribution in [3.05, 3.63) is 45.5 Å². The molecule has 0 unspecified atom stereocenters. The van der Waals surface area contributed by atoms with Gasteiger partial charge in [0.1, 0.15) is 10.1 Å². The second kappa shape index (κ2) is 6.67. The molecule has 0 saturated carbocycles. The maximum atomic E-state index is 11.0. The van der Waals surface area contributed by atoms with Gasteiger partial charge in [-0.05, 0) is 19.1 Å². The smallest absolute Gasteiger partial charge is 0.744 e. The van der Waals surface area contributed by atoms with Gasteiger partial charge in [-0.2, -0.15) is 5.10 Å². The normalized spacial score (nSPS) is 10.8. The first-order valence-corrected chi connectivity index (χ1v) is 7.29. The molecule has 0 atom stereocenters. The van der Waals surface area contributed by atoms with Gasteiger partial charge >= 0.3 is 29.6 Å². The van der Waals surface area contributed by atoms with Crippen LogP contribution in [0.5, 0.6) is 0 Å². The van der Waals surface area contributed by atoms with E-state index < -0.39 is 15.0 Å². The molecule has 2 aromatic rings. The van der Waals surface area contributed by atoms with E-state index in [1.54, 1.807) is 6.92 Å². The molecule has 21 heavy (non-hydrogen) atoms. The van der Waals surface area contributed by atoms with Crippen molar-refractivity contribution in [1.82, 2.24) is 9.78 Å². The van der Waals surface area contributed by atoms with Crippen LogP contribution in [0.25, 0.3) is 10.5 Å². The summed E-state index contributed by atoms with van der Waals surface area (Å²) in [5, 5.41) is 3.72. The summed E-state index contributed by atoms with van der Waals surface area (Å²) in [6.07, 6.45) is 1.35. The molecule has 1 aromatic heterocycles. The summed E-state index contributed by atoms with van der Waals surface area (Å²) < 4.78 is 34.4. The zero-order chi connectivity index (χ0) is 15.1. The maximum absolute atomic E-state index is 11.0. The average Bonchev–Trinajstić information content (AvgIpc) is 2.71. The molecule has 1 heterocycles. The van der Waals surface area contributed by atoms with Gasteiger partial charge in [-0.3, -0.25) is 0 Å². The van der Waals surface area contributed by atoms with Crippen molar-refractivity contribution in [3.8, 4) is 5.69 Å². The van der Waals surface area contributed by atoms with Crippen LogP contribution in [-0.2, 0) is 10.1 Å². The fraction of sp³-hybridized carbons (Fsp3) is 0.0909. The molecule has 0 bridgehead atoms. The fourth-order valence-electron chi connectivity index (χ4n) is 1.63.